The van der Waals surface area contributed by atoms with Crippen molar-refractivity contribution in [3.8, 4) is 0 Å². The molecule has 108 valence electrons. The number of rotatable bonds is 6. The van der Waals surface area contributed by atoms with Crippen LogP contribution in [0.2, 0.25) is 0 Å². The summed E-state index contributed by atoms with van der Waals surface area (Å²) >= 11 is 4.94. The molecule has 0 fully saturated rings. The first-order chi connectivity index (χ1) is 9.54. The second-order valence-electron chi connectivity index (χ2n) is 5.06. The smallest absolute Gasteiger partial charge is 0.276 e. The molecule has 0 aliphatic carbocycles. The van der Waals surface area contributed by atoms with Gasteiger partial charge in [-0.2, -0.15) is 0 Å². The van der Waals surface area contributed by atoms with Crippen LogP contribution in [0.4, 0.5) is 0 Å². The van der Waals surface area contributed by atoms with Crippen LogP contribution in [0.5, 0.6) is 0 Å². The maximum Gasteiger partial charge on any atom is 0.276 e. The van der Waals surface area contributed by atoms with E-state index in [4.69, 9.17) is 10.2 Å². The molecule has 1 unspecified atom stereocenters. The molecule has 0 bridgehead atoms. The van der Waals surface area contributed by atoms with Gasteiger partial charge in [0.25, 0.3) is 5.22 Å². The Labute approximate surface area is 131 Å². The largest absolute Gasteiger partial charge is 0.414 e. The van der Waals surface area contributed by atoms with Crippen LogP contribution in [0.1, 0.15) is 37.8 Å². The molecule has 20 heavy (non-hydrogen) atoms. The van der Waals surface area contributed by atoms with Crippen LogP contribution in [-0.2, 0) is 5.75 Å². The van der Waals surface area contributed by atoms with Crippen molar-refractivity contribution in [2.75, 3.05) is 0 Å². The Morgan fingerprint density at radius 2 is 1.95 bits per heavy atom. The predicted octanol–water partition coefficient (Wildman–Crippen LogP) is 4.17. The molecule has 1 aromatic heterocycles. The van der Waals surface area contributed by atoms with Gasteiger partial charge in [0, 0.05) is 10.2 Å². The van der Waals surface area contributed by atoms with Crippen LogP contribution >= 0.6 is 27.7 Å². The second-order valence-corrected chi connectivity index (χ2v) is 6.90. The molecular formula is C14H18BrN3OS. The van der Waals surface area contributed by atoms with E-state index in [9.17, 15) is 0 Å². The summed E-state index contributed by atoms with van der Waals surface area (Å²) in [6.07, 6.45) is 0.846. The summed E-state index contributed by atoms with van der Waals surface area (Å²) in [4.78, 5) is 0. The molecule has 0 radical (unpaired) electrons. The first kappa shape index (κ1) is 15.5. The van der Waals surface area contributed by atoms with E-state index < -0.39 is 0 Å². The Morgan fingerprint density at radius 1 is 1.25 bits per heavy atom. The third-order valence-corrected chi connectivity index (χ3v) is 4.16. The predicted molar refractivity (Wildman–Crippen MR) is 84.4 cm³/mol. The van der Waals surface area contributed by atoms with Gasteiger partial charge in [-0.1, -0.05) is 53.7 Å². The molecule has 2 aromatic rings. The van der Waals surface area contributed by atoms with E-state index in [1.165, 1.54) is 17.3 Å². The minimum absolute atomic E-state index is 0.176. The molecular weight excluding hydrogens is 338 g/mol. The van der Waals surface area contributed by atoms with Crippen LogP contribution in [0.3, 0.4) is 0 Å². The van der Waals surface area contributed by atoms with Crippen molar-refractivity contribution in [2.24, 2.45) is 11.7 Å². The Hall–Kier alpha value is -0.850. The van der Waals surface area contributed by atoms with Gasteiger partial charge >= 0.3 is 0 Å². The second kappa shape index (κ2) is 7.24. The first-order valence-electron chi connectivity index (χ1n) is 6.51. The van der Waals surface area contributed by atoms with E-state index in [1.807, 2.05) is 12.1 Å². The van der Waals surface area contributed by atoms with Crippen molar-refractivity contribution in [2.45, 2.75) is 37.3 Å². The summed E-state index contributed by atoms with van der Waals surface area (Å²) in [6.45, 7) is 4.25. The number of halogens is 1. The third kappa shape index (κ3) is 4.61. The zero-order chi connectivity index (χ0) is 14.5. The standard InChI is InChI=1S/C14H18BrN3OS/c1-9(2)7-12(16)13-17-18-14(19-13)20-8-10-3-5-11(15)6-4-10/h3-6,9,12H,7-8,16H2,1-2H3. The Bertz CT molecular complexity index is 542. The summed E-state index contributed by atoms with van der Waals surface area (Å²) in [5.41, 5.74) is 7.23. The zero-order valence-corrected chi connectivity index (χ0v) is 13.9. The topological polar surface area (TPSA) is 64.9 Å². The quantitative estimate of drug-likeness (QED) is 0.787. The van der Waals surface area contributed by atoms with Gasteiger partial charge in [0.1, 0.15) is 0 Å². The van der Waals surface area contributed by atoms with Crippen LogP contribution in [0.25, 0.3) is 0 Å². The van der Waals surface area contributed by atoms with Gasteiger partial charge in [-0.25, -0.2) is 0 Å². The van der Waals surface area contributed by atoms with Crippen LogP contribution < -0.4 is 5.73 Å². The number of hydrogen-bond acceptors (Lipinski definition) is 5. The molecule has 6 heteroatoms. The molecule has 1 heterocycles. The first-order valence-corrected chi connectivity index (χ1v) is 8.28. The molecule has 0 saturated carbocycles. The van der Waals surface area contributed by atoms with Gasteiger partial charge in [0.05, 0.1) is 6.04 Å². The molecule has 0 saturated heterocycles. The van der Waals surface area contributed by atoms with E-state index in [0.29, 0.717) is 17.0 Å². The highest BCUT2D eigenvalue weighted by molar-refractivity contribution is 9.10. The van der Waals surface area contributed by atoms with Crippen molar-refractivity contribution >= 4 is 27.7 Å². The number of aromatic nitrogens is 2. The van der Waals surface area contributed by atoms with Gasteiger partial charge < -0.3 is 10.2 Å². The van der Waals surface area contributed by atoms with Crippen molar-refractivity contribution in [3.05, 3.63) is 40.2 Å². The van der Waals surface area contributed by atoms with E-state index in [1.54, 1.807) is 0 Å². The van der Waals surface area contributed by atoms with Crippen LogP contribution in [0.15, 0.2) is 38.4 Å². The van der Waals surface area contributed by atoms with Crippen LogP contribution in [-0.4, -0.2) is 10.2 Å². The van der Waals surface area contributed by atoms with Gasteiger partial charge in [0.2, 0.25) is 5.89 Å². The average Bonchev–Trinajstić information content (AvgIpc) is 2.86. The van der Waals surface area contributed by atoms with Gasteiger partial charge in [-0.05, 0) is 30.0 Å². The summed E-state index contributed by atoms with van der Waals surface area (Å²) in [5, 5.41) is 8.63. The summed E-state index contributed by atoms with van der Waals surface area (Å²) in [7, 11) is 0. The zero-order valence-electron chi connectivity index (χ0n) is 11.5. The minimum Gasteiger partial charge on any atom is -0.414 e. The van der Waals surface area contributed by atoms with E-state index in [2.05, 4.69) is 52.1 Å². The number of nitrogens with zero attached hydrogens (tertiary/aromatic N) is 2. The Balaban J connectivity index is 1.91. The minimum atomic E-state index is -0.176. The Morgan fingerprint density at radius 3 is 2.60 bits per heavy atom. The molecule has 2 rings (SSSR count). The number of nitrogens with two attached hydrogens (primary N) is 1. The highest BCUT2D eigenvalue weighted by atomic mass is 79.9. The average molecular weight is 356 g/mol. The molecule has 1 aromatic carbocycles. The summed E-state index contributed by atoms with van der Waals surface area (Å²) in [5.74, 6) is 1.83. The molecule has 0 spiro atoms. The lowest BCUT2D eigenvalue weighted by atomic mass is 10.1. The lowest BCUT2D eigenvalue weighted by molar-refractivity contribution is 0.361. The van der Waals surface area contributed by atoms with Crippen molar-refractivity contribution in [1.29, 1.82) is 0 Å². The number of thioether (sulfide) groups is 1. The number of benzene rings is 1. The fourth-order valence-electron chi connectivity index (χ4n) is 1.76. The molecule has 4 nitrogen and oxygen atoms in total. The normalized spacial score (nSPS) is 12.8. The highest BCUT2D eigenvalue weighted by Gasteiger charge is 2.16. The van der Waals surface area contributed by atoms with Crippen molar-refractivity contribution < 1.29 is 4.42 Å². The van der Waals surface area contributed by atoms with E-state index >= 15 is 0 Å². The summed E-state index contributed by atoms with van der Waals surface area (Å²) < 4.78 is 6.67. The van der Waals surface area contributed by atoms with E-state index in [0.717, 1.165) is 16.6 Å². The molecule has 0 aliphatic heterocycles. The molecule has 0 amide bonds. The highest BCUT2D eigenvalue weighted by Crippen LogP contribution is 2.25. The molecule has 0 aliphatic rings. The van der Waals surface area contributed by atoms with Gasteiger partial charge in [-0.3, -0.25) is 0 Å². The van der Waals surface area contributed by atoms with E-state index in [-0.39, 0.29) is 6.04 Å². The fourth-order valence-corrected chi connectivity index (χ4v) is 2.75. The monoisotopic (exact) mass is 355 g/mol. The van der Waals surface area contributed by atoms with Crippen LogP contribution in [0, 0.1) is 5.92 Å². The SMILES string of the molecule is CC(C)CC(N)c1nnc(SCc2ccc(Br)cc2)o1. The maximum atomic E-state index is 6.02. The fraction of sp³-hybridized carbons (Fsp3) is 0.429. The van der Waals surface area contributed by atoms with Crippen molar-refractivity contribution in [1.82, 2.24) is 10.2 Å². The lowest BCUT2D eigenvalue weighted by Gasteiger charge is -2.08. The lowest BCUT2D eigenvalue weighted by Crippen LogP contribution is -2.13. The third-order valence-electron chi connectivity index (χ3n) is 2.74. The summed E-state index contributed by atoms with van der Waals surface area (Å²) in [6, 6.07) is 8.00. The van der Waals surface area contributed by atoms with Gasteiger partial charge in [0.15, 0.2) is 0 Å². The maximum absolute atomic E-state index is 6.02. The molecule has 2 N–H and O–H groups in total. The molecule has 1 atom stereocenters. The Kier molecular flexibility index (Phi) is 5.63. The van der Waals surface area contributed by atoms with Gasteiger partial charge in [-0.15, -0.1) is 10.2 Å². The van der Waals surface area contributed by atoms with Crippen molar-refractivity contribution in [3.63, 3.8) is 0 Å². The number of hydrogen-bond donors (Lipinski definition) is 1.